The Bertz CT molecular complexity index is 364. The van der Waals surface area contributed by atoms with Gasteiger partial charge in [0.05, 0.1) is 12.1 Å². The molecule has 0 radical (unpaired) electrons. The highest BCUT2D eigenvalue weighted by atomic mass is 16.4. The van der Waals surface area contributed by atoms with E-state index in [1.807, 2.05) is 6.92 Å². The van der Waals surface area contributed by atoms with E-state index < -0.39 is 30.2 Å². The smallest absolute Gasteiger partial charge is 0.326 e. The number of aliphatic carboxylic acids is 1. The molecule has 1 saturated heterocycles. The number of likely N-dealkylation sites (tertiary alicyclic amines) is 1. The molecule has 0 aromatic heterocycles. The molecule has 1 aliphatic rings. The number of carbonyl (C=O) groups is 2. The first-order chi connectivity index (χ1) is 8.49. The molecule has 2 unspecified atom stereocenters. The molecule has 3 atom stereocenters. The highest BCUT2D eigenvalue weighted by Crippen LogP contribution is 2.18. The van der Waals surface area contributed by atoms with Gasteiger partial charge in [0.2, 0.25) is 0 Å². The number of rotatable bonds is 4. The number of aliphatic hydroxyl groups excluding tert-OH is 1. The standard InChI is InChI=1S/C12H18N2O4/c1-3-5-8(4-2)13-12(18)14-7-9(15)6-10(14)11(16)17/h2,8-10,15H,3,5-7H2,1H3,(H,13,18)(H,16,17)/t8?,9?,10-/m0/s1. The number of amides is 2. The lowest BCUT2D eigenvalue weighted by molar-refractivity contribution is -0.141. The lowest BCUT2D eigenvalue weighted by Gasteiger charge is -2.23. The van der Waals surface area contributed by atoms with E-state index in [1.165, 1.54) is 0 Å². The van der Waals surface area contributed by atoms with Crippen LogP contribution in [0, 0.1) is 12.3 Å². The van der Waals surface area contributed by atoms with Crippen LogP contribution in [0.4, 0.5) is 4.79 Å². The van der Waals surface area contributed by atoms with Crippen molar-refractivity contribution in [2.75, 3.05) is 6.54 Å². The Labute approximate surface area is 106 Å². The molecule has 0 aromatic carbocycles. The number of β-amino-alcohol motifs (C(OH)–C–C–N with tert-alkyl or cyclic N) is 1. The average Bonchev–Trinajstić information content (AvgIpc) is 2.71. The zero-order valence-electron chi connectivity index (χ0n) is 10.3. The molecule has 0 aliphatic carbocycles. The van der Waals surface area contributed by atoms with Gasteiger partial charge in [0.15, 0.2) is 0 Å². The van der Waals surface area contributed by atoms with Gasteiger partial charge in [-0.2, -0.15) is 0 Å². The Hall–Kier alpha value is -1.74. The quantitative estimate of drug-likeness (QED) is 0.617. The van der Waals surface area contributed by atoms with Gasteiger partial charge in [-0.15, -0.1) is 6.42 Å². The van der Waals surface area contributed by atoms with Crippen molar-refractivity contribution >= 4 is 12.0 Å². The van der Waals surface area contributed by atoms with Crippen molar-refractivity contribution in [2.45, 2.75) is 44.4 Å². The van der Waals surface area contributed by atoms with E-state index in [4.69, 9.17) is 11.5 Å². The van der Waals surface area contributed by atoms with Crippen molar-refractivity contribution in [3.8, 4) is 12.3 Å². The Morgan fingerprint density at radius 1 is 1.61 bits per heavy atom. The number of urea groups is 1. The molecule has 1 aliphatic heterocycles. The molecule has 6 nitrogen and oxygen atoms in total. The number of carboxylic acid groups (broad SMARTS) is 1. The number of terminal acetylenes is 1. The fraction of sp³-hybridized carbons (Fsp3) is 0.667. The van der Waals surface area contributed by atoms with Gasteiger partial charge in [0.25, 0.3) is 0 Å². The van der Waals surface area contributed by atoms with E-state index in [0.717, 1.165) is 11.3 Å². The third kappa shape index (κ3) is 3.37. The highest BCUT2D eigenvalue weighted by molar-refractivity contribution is 5.83. The molecular formula is C12H18N2O4. The van der Waals surface area contributed by atoms with Crippen LogP contribution in [0.5, 0.6) is 0 Å². The number of nitrogens with zero attached hydrogens (tertiary/aromatic N) is 1. The van der Waals surface area contributed by atoms with Crippen LogP contribution in [0.15, 0.2) is 0 Å². The molecule has 18 heavy (non-hydrogen) atoms. The van der Waals surface area contributed by atoms with Crippen molar-refractivity contribution in [1.82, 2.24) is 10.2 Å². The van der Waals surface area contributed by atoms with Gasteiger partial charge in [0.1, 0.15) is 6.04 Å². The minimum Gasteiger partial charge on any atom is -0.480 e. The van der Waals surface area contributed by atoms with E-state index in [0.29, 0.717) is 6.42 Å². The lowest BCUT2D eigenvalue weighted by atomic mass is 10.2. The number of hydrogen-bond donors (Lipinski definition) is 3. The Kier molecular flexibility index (Phi) is 4.98. The van der Waals surface area contributed by atoms with Gasteiger partial charge < -0.3 is 20.4 Å². The normalized spacial score (nSPS) is 24.4. The molecule has 100 valence electrons. The Morgan fingerprint density at radius 2 is 2.28 bits per heavy atom. The number of carboxylic acids is 1. The van der Waals surface area contributed by atoms with Crippen LogP contribution in [0.3, 0.4) is 0 Å². The summed E-state index contributed by atoms with van der Waals surface area (Å²) in [7, 11) is 0. The third-order valence-electron chi connectivity index (χ3n) is 2.90. The largest absolute Gasteiger partial charge is 0.480 e. The first-order valence-corrected chi connectivity index (χ1v) is 5.93. The second-order valence-corrected chi connectivity index (χ2v) is 4.35. The van der Waals surface area contributed by atoms with Crippen LogP contribution in [-0.2, 0) is 4.79 Å². The first-order valence-electron chi connectivity index (χ1n) is 5.93. The van der Waals surface area contributed by atoms with Crippen molar-refractivity contribution in [2.24, 2.45) is 0 Å². The van der Waals surface area contributed by atoms with E-state index in [9.17, 15) is 14.7 Å². The van der Waals surface area contributed by atoms with Crippen molar-refractivity contribution in [3.63, 3.8) is 0 Å². The zero-order chi connectivity index (χ0) is 13.7. The molecule has 2 amide bonds. The van der Waals surface area contributed by atoms with Crippen LogP contribution < -0.4 is 5.32 Å². The van der Waals surface area contributed by atoms with Gasteiger partial charge in [-0.1, -0.05) is 19.3 Å². The maximum atomic E-state index is 11.9. The topological polar surface area (TPSA) is 89.9 Å². The average molecular weight is 254 g/mol. The van der Waals surface area contributed by atoms with Gasteiger partial charge >= 0.3 is 12.0 Å². The van der Waals surface area contributed by atoms with Crippen LogP contribution in [0.1, 0.15) is 26.2 Å². The minimum absolute atomic E-state index is 0.0201. The van der Waals surface area contributed by atoms with E-state index in [-0.39, 0.29) is 13.0 Å². The van der Waals surface area contributed by atoms with Crippen LogP contribution in [0.2, 0.25) is 0 Å². The monoisotopic (exact) mass is 254 g/mol. The van der Waals surface area contributed by atoms with Gasteiger partial charge in [-0.05, 0) is 6.42 Å². The van der Waals surface area contributed by atoms with Crippen molar-refractivity contribution < 1.29 is 19.8 Å². The van der Waals surface area contributed by atoms with E-state index in [1.54, 1.807) is 0 Å². The van der Waals surface area contributed by atoms with Gasteiger partial charge in [-0.3, -0.25) is 0 Å². The van der Waals surface area contributed by atoms with Gasteiger partial charge in [0, 0.05) is 13.0 Å². The van der Waals surface area contributed by atoms with Crippen LogP contribution in [0.25, 0.3) is 0 Å². The fourth-order valence-electron chi connectivity index (χ4n) is 1.99. The summed E-state index contributed by atoms with van der Waals surface area (Å²) < 4.78 is 0. The third-order valence-corrected chi connectivity index (χ3v) is 2.90. The highest BCUT2D eigenvalue weighted by Gasteiger charge is 2.39. The Morgan fingerprint density at radius 3 is 2.78 bits per heavy atom. The van der Waals surface area contributed by atoms with Gasteiger partial charge in [-0.25, -0.2) is 9.59 Å². The maximum absolute atomic E-state index is 11.9. The number of hydrogen-bond acceptors (Lipinski definition) is 3. The summed E-state index contributed by atoms with van der Waals surface area (Å²) in [6.45, 7) is 1.96. The molecule has 0 aromatic rings. The van der Waals surface area contributed by atoms with E-state index >= 15 is 0 Å². The molecular weight excluding hydrogens is 236 g/mol. The van der Waals surface area contributed by atoms with Crippen molar-refractivity contribution in [3.05, 3.63) is 0 Å². The number of aliphatic hydroxyl groups is 1. The second-order valence-electron chi connectivity index (χ2n) is 4.35. The predicted molar refractivity (Wildman–Crippen MR) is 64.8 cm³/mol. The summed E-state index contributed by atoms with van der Waals surface area (Å²) in [5, 5.41) is 21.0. The van der Waals surface area contributed by atoms with Crippen LogP contribution in [-0.4, -0.2) is 51.8 Å². The summed E-state index contributed by atoms with van der Waals surface area (Å²) in [6.07, 6.45) is 5.99. The van der Waals surface area contributed by atoms with E-state index in [2.05, 4.69) is 11.2 Å². The Balaban J connectivity index is 2.65. The lowest BCUT2D eigenvalue weighted by Crippen LogP contribution is -2.49. The molecule has 0 spiro atoms. The SMILES string of the molecule is C#CC(CCC)NC(=O)N1CC(O)C[C@H]1C(=O)O. The first kappa shape index (κ1) is 14.3. The van der Waals surface area contributed by atoms with Crippen LogP contribution >= 0.6 is 0 Å². The molecule has 3 N–H and O–H groups in total. The minimum atomic E-state index is -1.12. The molecule has 1 rings (SSSR count). The summed E-state index contributed by atoms with van der Waals surface area (Å²) in [4.78, 5) is 24.0. The molecule has 0 saturated carbocycles. The number of carbonyl (C=O) groups excluding carboxylic acids is 1. The molecule has 1 fully saturated rings. The van der Waals surface area contributed by atoms with Crippen molar-refractivity contribution in [1.29, 1.82) is 0 Å². The maximum Gasteiger partial charge on any atom is 0.326 e. The predicted octanol–water partition coefficient (Wildman–Crippen LogP) is 0.0177. The summed E-state index contributed by atoms with van der Waals surface area (Å²) >= 11 is 0. The number of nitrogens with one attached hydrogen (secondary N) is 1. The summed E-state index contributed by atoms with van der Waals surface area (Å²) in [5.74, 6) is 1.33. The summed E-state index contributed by atoms with van der Waals surface area (Å²) in [5.41, 5.74) is 0. The fourth-order valence-corrected chi connectivity index (χ4v) is 1.99. The molecule has 6 heteroatoms. The summed E-state index contributed by atoms with van der Waals surface area (Å²) in [6, 6.07) is -1.93. The second kappa shape index (κ2) is 6.26. The molecule has 1 heterocycles. The molecule has 0 bridgehead atoms. The zero-order valence-corrected chi connectivity index (χ0v) is 10.3.